The fourth-order valence-corrected chi connectivity index (χ4v) is 7.60. The van der Waals surface area contributed by atoms with Gasteiger partial charge in [-0.25, -0.2) is 17.1 Å². The molecule has 1 fully saturated rings. The first-order chi connectivity index (χ1) is 21.2. The average molecular weight is 673 g/mol. The van der Waals surface area contributed by atoms with Gasteiger partial charge in [0.25, 0.3) is 15.9 Å². The van der Waals surface area contributed by atoms with Crippen molar-refractivity contribution in [3.63, 3.8) is 0 Å². The van der Waals surface area contributed by atoms with Gasteiger partial charge in [-0.15, -0.1) is 13.2 Å². The molecule has 1 saturated heterocycles. The molecular weight excluding hydrogens is 648 g/mol. The molecule has 0 radical (unpaired) electrons. The van der Waals surface area contributed by atoms with Crippen LogP contribution >= 0.6 is 11.6 Å². The van der Waals surface area contributed by atoms with Crippen molar-refractivity contribution >= 4 is 39.2 Å². The summed E-state index contributed by atoms with van der Waals surface area (Å²) >= 11 is 6.38. The lowest BCUT2D eigenvalue weighted by Crippen LogP contribution is -2.58. The quantitative estimate of drug-likeness (QED) is 0.246. The van der Waals surface area contributed by atoms with Gasteiger partial charge in [0.1, 0.15) is 28.6 Å². The van der Waals surface area contributed by atoms with E-state index in [1.165, 1.54) is 48.4 Å². The van der Waals surface area contributed by atoms with Gasteiger partial charge in [-0.05, 0) is 36.4 Å². The van der Waals surface area contributed by atoms with Crippen LogP contribution < -0.4 is 18.5 Å². The lowest BCUT2D eigenvalue weighted by molar-refractivity contribution is -0.275. The number of fused-ring (bicyclic) bond motifs is 1. The predicted octanol–water partition coefficient (Wildman–Crippen LogP) is 4.82. The first-order valence-corrected chi connectivity index (χ1v) is 15.0. The Kier molecular flexibility index (Phi) is 8.40. The third-order valence-corrected chi connectivity index (χ3v) is 9.58. The molecule has 2 aliphatic rings. The van der Waals surface area contributed by atoms with Gasteiger partial charge in [0, 0.05) is 35.2 Å². The number of nitrogens with zero attached hydrogens (tertiary/aromatic N) is 2. The largest absolute Gasteiger partial charge is 0.573 e. The average Bonchev–Trinajstić information content (AvgIpc) is 3.50. The lowest BCUT2D eigenvalue weighted by atomic mass is 9.81. The van der Waals surface area contributed by atoms with Gasteiger partial charge in [-0.3, -0.25) is 14.5 Å². The van der Waals surface area contributed by atoms with Crippen molar-refractivity contribution < 1.29 is 54.5 Å². The van der Waals surface area contributed by atoms with Crippen LogP contribution in [0.2, 0.25) is 5.02 Å². The smallest absolute Gasteiger partial charge is 0.497 e. The molecule has 2 unspecified atom stereocenters. The highest BCUT2D eigenvalue weighted by Crippen LogP contribution is 2.55. The normalized spacial score (nSPS) is 21.9. The van der Waals surface area contributed by atoms with Gasteiger partial charge in [0.2, 0.25) is 0 Å². The van der Waals surface area contributed by atoms with Crippen LogP contribution in [0.1, 0.15) is 17.5 Å². The molecule has 16 heteroatoms. The summed E-state index contributed by atoms with van der Waals surface area (Å²) in [4.78, 5) is 28.2. The molecule has 2 heterocycles. The molecule has 3 aromatic rings. The van der Waals surface area contributed by atoms with E-state index in [-0.39, 0.29) is 33.3 Å². The molecule has 0 aromatic heterocycles. The van der Waals surface area contributed by atoms with Crippen molar-refractivity contribution in [2.75, 3.05) is 32.2 Å². The number of ether oxygens (including phenoxy) is 4. The molecule has 1 amide bonds. The molecule has 10 nitrogen and oxygen atoms in total. The van der Waals surface area contributed by atoms with Crippen molar-refractivity contribution in [1.82, 2.24) is 4.90 Å². The highest BCUT2D eigenvalue weighted by atomic mass is 35.5. The molecule has 45 heavy (non-hydrogen) atoms. The van der Waals surface area contributed by atoms with E-state index in [2.05, 4.69) is 4.74 Å². The number of hydrogen-bond donors (Lipinski definition) is 0. The molecule has 3 aromatic carbocycles. The number of rotatable bonds is 8. The maximum Gasteiger partial charge on any atom is 0.573 e. The van der Waals surface area contributed by atoms with Crippen molar-refractivity contribution in [3.05, 3.63) is 76.8 Å². The van der Waals surface area contributed by atoms with Crippen LogP contribution in [0.3, 0.4) is 0 Å². The summed E-state index contributed by atoms with van der Waals surface area (Å²) in [6, 6.07) is 10.9. The second-order valence-corrected chi connectivity index (χ2v) is 12.2. The van der Waals surface area contributed by atoms with Gasteiger partial charge >= 0.3 is 12.3 Å². The number of benzene rings is 3. The Morgan fingerprint density at radius 1 is 0.978 bits per heavy atom. The van der Waals surface area contributed by atoms with Crippen molar-refractivity contribution in [2.24, 2.45) is 0 Å². The summed E-state index contributed by atoms with van der Waals surface area (Å²) in [6.45, 7) is -0.533. The molecular formula is C29H25ClF4N2O8S. The Balaban J connectivity index is 1.85. The third-order valence-electron chi connectivity index (χ3n) is 7.61. The molecule has 0 saturated carbocycles. The topological polar surface area (TPSA) is 112 Å². The van der Waals surface area contributed by atoms with E-state index in [9.17, 15) is 31.2 Å². The number of hydrogen-bond acceptors (Lipinski definition) is 9. The first-order valence-electron chi connectivity index (χ1n) is 13.2. The van der Waals surface area contributed by atoms with E-state index >= 15 is 4.39 Å². The highest BCUT2D eigenvalue weighted by Gasteiger charge is 2.64. The van der Waals surface area contributed by atoms with E-state index in [4.69, 9.17) is 25.8 Å². The number of carbonyl (C=O) groups is 2. The van der Waals surface area contributed by atoms with Crippen molar-refractivity contribution in [2.45, 2.75) is 35.4 Å². The number of amides is 1. The van der Waals surface area contributed by atoms with Crippen LogP contribution in [0.25, 0.3) is 0 Å². The van der Waals surface area contributed by atoms with Crippen LogP contribution in [0.4, 0.5) is 23.2 Å². The summed E-state index contributed by atoms with van der Waals surface area (Å²) in [5.74, 6) is -3.44. The Bertz CT molecular complexity index is 1770. The maximum atomic E-state index is 15.2. The second kappa shape index (κ2) is 11.7. The van der Waals surface area contributed by atoms with Crippen LogP contribution in [0.5, 0.6) is 17.2 Å². The molecule has 2 aliphatic heterocycles. The standard InChI is InChI=1S/C29H25ClF4N2O8S/c1-41-18-9-11-25(24(14-18)44-29(32,33)34)45(39,40)36-21-10-8-16(30)12-20(21)28(27(36)38,19-6-4-5-7-23(19)42-2)35-15-17(31)13-22(35)26(37)43-3/h4-12,14,17,22H,13,15H2,1-3H3/t17?,22-,28?/m0/s1. The first kappa shape index (κ1) is 32.3. The minimum absolute atomic E-state index is 0.0169. The monoisotopic (exact) mass is 672 g/mol. The number of alkyl halides is 4. The van der Waals surface area contributed by atoms with Gasteiger partial charge in [0.15, 0.2) is 11.3 Å². The Hall–Kier alpha value is -4.08. The second-order valence-electron chi connectivity index (χ2n) is 10.0. The zero-order valence-electron chi connectivity index (χ0n) is 23.8. The SMILES string of the molecule is COC(=O)[C@@H]1CC(F)CN1C1(c2ccccc2OC)C(=O)N(S(=O)(=O)c2ccc(OC)cc2OC(F)(F)F)c2ccc(Cl)cc21. The Morgan fingerprint density at radius 2 is 1.69 bits per heavy atom. The van der Waals surface area contributed by atoms with E-state index < -0.39 is 69.6 Å². The molecule has 3 atom stereocenters. The number of sulfonamides is 1. The maximum absolute atomic E-state index is 15.2. The Labute approximate surface area is 260 Å². The predicted molar refractivity (Wildman–Crippen MR) is 152 cm³/mol. The van der Waals surface area contributed by atoms with Gasteiger partial charge in [0.05, 0.1) is 27.0 Å². The number of likely N-dealkylation sites (tertiary alicyclic amines) is 1. The number of anilines is 1. The molecule has 0 bridgehead atoms. The number of halogens is 5. The van der Waals surface area contributed by atoms with E-state index in [0.717, 1.165) is 26.4 Å². The van der Waals surface area contributed by atoms with Crippen LogP contribution in [-0.4, -0.2) is 71.6 Å². The van der Waals surface area contributed by atoms with Crippen molar-refractivity contribution in [1.29, 1.82) is 0 Å². The number of methoxy groups -OCH3 is 3. The number of para-hydroxylation sites is 1. The molecule has 240 valence electrons. The fourth-order valence-electron chi connectivity index (χ4n) is 5.87. The summed E-state index contributed by atoms with van der Waals surface area (Å²) in [5, 5.41) is 0.0382. The van der Waals surface area contributed by atoms with Gasteiger partial charge < -0.3 is 18.9 Å². The van der Waals surface area contributed by atoms with Crippen molar-refractivity contribution in [3.8, 4) is 17.2 Å². The molecule has 0 spiro atoms. The van der Waals surface area contributed by atoms with Crippen LogP contribution in [0, 0.1) is 0 Å². The van der Waals surface area contributed by atoms with Crippen LogP contribution in [-0.2, 0) is 29.9 Å². The van der Waals surface area contributed by atoms with E-state index in [1.54, 1.807) is 6.07 Å². The molecule has 0 N–H and O–H groups in total. The summed E-state index contributed by atoms with van der Waals surface area (Å²) in [5.41, 5.74) is -2.68. The lowest BCUT2D eigenvalue weighted by Gasteiger charge is -2.41. The zero-order chi connectivity index (χ0) is 32.9. The van der Waals surface area contributed by atoms with Gasteiger partial charge in [-0.2, -0.15) is 0 Å². The fraction of sp³-hybridized carbons (Fsp3) is 0.310. The summed E-state index contributed by atoms with van der Waals surface area (Å²) in [7, 11) is -1.73. The molecule has 0 aliphatic carbocycles. The molecule has 5 rings (SSSR count). The van der Waals surface area contributed by atoms with Crippen LogP contribution in [0.15, 0.2) is 65.6 Å². The van der Waals surface area contributed by atoms with E-state index in [0.29, 0.717) is 10.4 Å². The minimum atomic E-state index is -5.32. The highest BCUT2D eigenvalue weighted by molar-refractivity contribution is 7.93. The third kappa shape index (κ3) is 5.32. The zero-order valence-corrected chi connectivity index (χ0v) is 25.4. The number of carbonyl (C=O) groups excluding carboxylic acids is 2. The van der Waals surface area contributed by atoms with E-state index in [1.807, 2.05) is 0 Å². The van der Waals surface area contributed by atoms with Gasteiger partial charge in [-0.1, -0.05) is 29.8 Å². The summed E-state index contributed by atoms with van der Waals surface area (Å²) < 4.78 is 104. The minimum Gasteiger partial charge on any atom is -0.497 e. The summed E-state index contributed by atoms with van der Waals surface area (Å²) in [6.07, 6.45) is -7.38. The Morgan fingerprint density at radius 3 is 2.33 bits per heavy atom. The number of esters is 1.